The van der Waals surface area contributed by atoms with Crippen LogP contribution in [0.5, 0.6) is 0 Å². The molecule has 0 aromatic heterocycles. The number of halogens is 2. The Bertz CT molecular complexity index is 1090. The number of rotatable bonds is 6. The molecule has 29 heavy (non-hydrogen) atoms. The third-order valence-electron chi connectivity index (χ3n) is 4.87. The topological polar surface area (TPSA) is 74.8 Å². The molecular weight excluding hydrogens is 422 g/mol. The van der Waals surface area contributed by atoms with Crippen molar-refractivity contribution < 1.29 is 25.6 Å². The lowest BCUT2D eigenvalue weighted by Gasteiger charge is -2.38. The summed E-state index contributed by atoms with van der Waals surface area (Å²) >= 11 is 0. The highest BCUT2D eigenvalue weighted by Gasteiger charge is 2.37. The maximum atomic E-state index is 13.8. The fourth-order valence-corrected chi connectivity index (χ4v) is 6.75. The summed E-state index contributed by atoms with van der Waals surface area (Å²) in [7, 11) is -7.65. The number of hydrogen-bond acceptors (Lipinski definition) is 4. The summed E-state index contributed by atoms with van der Waals surface area (Å²) in [5.41, 5.74) is 0.129. The van der Waals surface area contributed by atoms with Gasteiger partial charge in [-0.3, -0.25) is 0 Å². The van der Waals surface area contributed by atoms with Gasteiger partial charge in [0.2, 0.25) is 20.0 Å². The molecule has 0 amide bonds. The molecule has 1 aliphatic rings. The summed E-state index contributed by atoms with van der Waals surface area (Å²) in [5, 5.41) is 0. The molecule has 1 fully saturated rings. The van der Waals surface area contributed by atoms with Crippen LogP contribution in [0.1, 0.15) is 18.1 Å². The van der Waals surface area contributed by atoms with Crippen LogP contribution in [0.2, 0.25) is 0 Å². The maximum Gasteiger partial charge on any atom is 0.218 e. The molecule has 158 valence electrons. The van der Waals surface area contributed by atoms with Gasteiger partial charge in [-0.05, 0) is 19.1 Å². The molecular formula is C19H22F2N2O4S2. The van der Waals surface area contributed by atoms with Crippen LogP contribution in [0.3, 0.4) is 0 Å². The third kappa shape index (κ3) is 5.00. The minimum atomic E-state index is -3.83. The number of hydrogen-bond donors (Lipinski definition) is 0. The fourth-order valence-electron chi connectivity index (χ4n) is 3.37. The first-order chi connectivity index (χ1) is 13.6. The molecule has 1 aliphatic heterocycles. The van der Waals surface area contributed by atoms with Crippen LogP contribution in [0.15, 0.2) is 48.5 Å². The molecule has 6 nitrogen and oxygen atoms in total. The van der Waals surface area contributed by atoms with Crippen molar-refractivity contribution in [1.82, 2.24) is 8.61 Å². The van der Waals surface area contributed by atoms with Gasteiger partial charge < -0.3 is 0 Å². The molecule has 1 heterocycles. The maximum absolute atomic E-state index is 13.8. The van der Waals surface area contributed by atoms with Gasteiger partial charge in [-0.1, -0.05) is 36.4 Å². The molecule has 2 aromatic rings. The number of piperazine rings is 1. The Morgan fingerprint density at radius 3 is 1.79 bits per heavy atom. The lowest BCUT2D eigenvalue weighted by Crippen LogP contribution is -2.55. The Kier molecular flexibility index (Phi) is 6.37. The van der Waals surface area contributed by atoms with Gasteiger partial charge in [-0.25, -0.2) is 25.6 Å². The summed E-state index contributed by atoms with van der Waals surface area (Å²) in [6.45, 7) is 1.46. The number of sulfonamides is 2. The van der Waals surface area contributed by atoms with Gasteiger partial charge in [-0.15, -0.1) is 0 Å². The van der Waals surface area contributed by atoms with Crippen LogP contribution in [0, 0.1) is 11.6 Å². The zero-order valence-electron chi connectivity index (χ0n) is 15.8. The normalized spacial score (nSPS) is 19.3. The smallest absolute Gasteiger partial charge is 0.212 e. The standard InChI is InChI=1S/C19H22F2N2O4S2/c1-15-12-22(28(24,25)13-16-6-2-4-8-18(16)20)10-11-23(15)29(26,27)14-17-7-3-5-9-19(17)21/h2-9,15H,10-14H2,1H3. The molecule has 1 saturated heterocycles. The largest absolute Gasteiger partial charge is 0.218 e. The van der Waals surface area contributed by atoms with E-state index in [9.17, 15) is 25.6 Å². The zero-order valence-corrected chi connectivity index (χ0v) is 17.5. The van der Waals surface area contributed by atoms with E-state index in [2.05, 4.69) is 0 Å². The van der Waals surface area contributed by atoms with Gasteiger partial charge in [0.1, 0.15) is 11.6 Å². The summed E-state index contributed by atoms with van der Waals surface area (Å²) < 4.78 is 80.9. The van der Waals surface area contributed by atoms with E-state index < -0.39 is 49.2 Å². The zero-order chi connectivity index (χ0) is 21.2. The van der Waals surface area contributed by atoms with E-state index in [4.69, 9.17) is 0 Å². The minimum absolute atomic E-state index is 0.0440. The lowest BCUT2D eigenvalue weighted by atomic mass is 10.2. The summed E-state index contributed by atoms with van der Waals surface area (Å²) in [5.74, 6) is -2.19. The second-order valence-electron chi connectivity index (χ2n) is 7.01. The van der Waals surface area contributed by atoms with Crippen LogP contribution < -0.4 is 0 Å². The van der Waals surface area contributed by atoms with E-state index in [0.29, 0.717) is 0 Å². The third-order valence-corrected chi connectivity index (χ3v) is 8.60. The van der Waals surface area contributed by atoms with Crippen LogP contribution in [0.4, 0.5) is 8.78 Å². The van der Waals surface area contributed by atoms with Crippen molar-refractivity contribution in [3.05, 3.63) is 71.3 Å². The van der Waals surface area contributed by atoms with Crippen molar-refractivity contribution in [2.24, 2.45) is 0 Å². The first-order valence-corrected chi connectivity index (χ1v) is 12.3. The van der Waals surface area contributed by atoms with Gasteiger partial charge in [0.25, 0.3) is 0 Å². The number of benzene rings is 2. The van der Waals surface area contributed by atoms with Crippen LogP contribution in [-0.4, -0.2) is 51.1 Å². The highest BCUT2D eigenvalue weighted by molar-refractivity contribution is 7.88. The van der Waals surface area contributed by atoms with E-state index in [-0.39, 0.29) is 30.8 Å². The van der Waals surface area contributed by atoms with Crippen molar-refractivity contribution in [1.29, 1.82) is 0 Å². The van der Waals surface area contributed by atoms with Crippen molar-refractivity contribution >= 4 is 20.0 Å². The molecule has 0 spiro atoms. The first kappa shape index (κ1) is 21.8. The van der Waals surface area contributed by atoms with E-state index in [0.717, 1.165) is 0 Å². The number of nitrogens with zero attached hydrogens (tertiary/aromatic N) is 2. The Balaban J connectivity index is 1.71. The van der Waals surface area contributed by atoms with E-state index in [1.165, 1.54) is 45.0 Å². The Morgan fingerprint density at radius 1 is 0.828 bits per heavy atom. The molecule has 0 aliphatic carbocycles. The minimum Gasteiger partial charge on any atom is -0.212 e. The summed E-state index contributed by atoms with van der Waals surface area (Å²) in [6.07, 6.45) is 0. The molecule has 1 atom stereocenters. The second-order valence-corrected chi connectivity index (χ2v) is 10.9. The predicted octanol–water partition coefficient (Wildman–Crippen LogP) is 2.33. The molecule has 0 bridgehead atoms. The molecule has 3 rings (SSSR count). The summed E-state index contributed by atoms with van der Waals surface area (Å²) in [4.78, 5) is 0. The molecule has 0 N–H and O–H groups in total. The molecule has 10 heteroatoms. The average molecular weight is 445 g/mol. The lowest BCUT2D eigenvalue weighted by molar-refractivity contribution is 0.212. The van der Waals surface area contributed by atoms with Gasteiger partial charge in [0.15, 0.2) is 0 Å². The van der Waals surface area contributed by atoms with Crippen molar-refractivity contribution in [2.45, 2.75) is 24.5 Å². The van der Waals surface area contributed by atoms with Gasteiger partial charge in [0.05, 0.1) is 11.5 Å². The van der Waals surface area contributed by atoms with E-state index in [1.807, 2.05) is 0 Å². The second kappa shape index (κ2) is 8.47. The monoisotopic (exact) mass is 444 g/mol. The SMILES string of the molecule is CC1CN(S(=O)(=O)Cc2ccccc2F)CCN1S(=O)(=O)Cc1ccccc1F. The average Bonchev–Trinajstić information content (AvgIpc) is 2.65. The van der Waals surface area contributed by atoms with Gasteiger partial charge in [-0.2, -0.15) is 8.61 Å². The first-order valence-electron chi connectivity index (χ1n) is 9.04. The predicted molar refractivity (Wildman–Crippen MR) is 106 cm³/mol. The van der Waals surface area contributed by atoms with Crippen LogP contribution >= 0.6 is 0 Å². The molecule has 0 radical (unpaired) electrons. The summed E-state index contributed by atoms with van der Waals surface area (Å²) in [6, 6.07) is 10.7. The van der Waals surface area contributed by atoms with Crippen molar-refractivity contribution in [3.8, 4) is 0 Å². The van der Waals surface area contributed by atoms with Crippen LogP contribution in [-0.2, 0) is 31.6 Å². The van der Waals surface area contributed by atoms with Crippen molar-refractivity contribution in [2.75, 3.05) is 19.6 Å². The Labute approximate surface area is 169 Å². The van der Waals surface area contributed by atoms with Crippen LogP contribution in [0.25, 0.3) is 0 Å². The van der Waals surface area contributed by atoms with E-state index in [1.54, 1.807) is 19.1 Å². The fraction of sp³-hybridized carbons (Fsp3) is 0.368. The molecule has 2 aromatic carbocycles. The highest BCUT2D eigenvalue weighted by atomic mass is 32.2. The Hall–Kier alpha value is -1.88. The quantitative estimate of drug-likeness (QED) is 0.686. The Morgan fingerprint density at radius 2 is 1.31 bits per heavy atom. The molecule has 1 unspecified atom stereocenters. The van der Waals surface area contributed by atoms with Gasteiger partial charge in [0, 0.05) is 36.8 Å². The van der Waals surface area contributed by atoms with E-state index >= 15 is 0 Å². The van der Waals surface area contributed by atoms with Crippen molar-refractivity contribution in [3.63, 3.8) is 0 Å². The highest BCUT2D eigenvalue weighted by Crippen LogP contribution is 2.23. The van der Waals surface area contributed by atoms with Gasteiger partial charge >= 0.3 is 0 Å². The molecule has 0 saturated carbocycles.